The van der Waals surface area contributed by atoms with Crippen molar-refractivity contribution in [3.63, 3.8) is 0 Å². The van der Waals surface area contributed by atoms with Crippen LogP contribution in [0, 0.1) is 0 Å². The Bertz CT molecular complexity index is 925. The molecule has 0 bridgehead atoms. The quantitative estimate of drug-likeness (QED) is 0.477. The first kappa shape index (κ1) is 14.9. The Morgan fingerprint density at radius 1 is 0.640 bits per heavy atom. The molecule has 0 amide bonds. The summed E-state index contributed by atoms with van der Waals surface area (Å²) in [5.74, 6) is -3.78. The molecule has 4 rings (SSSR count). The standard InChI is InChI=1S/C18H8O7/c19-7-14(8-1-3-10-12(5-8)17(22)24-15(10)20)9-2-4-11-13(6-9)18(23)25-16(11)21/h1-7,14H. The lowest BCUT2D eigenvalue weighted by Gasteiger charge is -2.12. The van der Waals surface area contributed by atoms with Crippen molar-refractivity contribution in [2.24, 2.45) is 0 Å². The van der Waals surface area contributed by atoms with Crippen molar-refractivity contribution in [2.45, 2.75) is 5.92 Å². The Balaban J connectivity index is 1.79. The van der Waals surface area contributed by atoms with Crippen molar-refractivity contribution in [2.75, 3.05) is 0 Å². The number of hydrogen-bond acceptors (Lipinski definition) is 7. The predicted molar refractivity (Wildman–Crippen MR) is 80.3 cm³/mol. The van der Waals surface area contributed by atoms with Crippen LogP contribution in [0.3, 0.4) is 0 Å². The molecule has 2 aliphatic heterocycles. The van der Waals surface area contributed by atoms with E-state index < -0.39 is 29.8 Å². The Kier molecular flexibility index (Phi) is 3.11. The summed E-state index contributed by atoms with van der Waals surface area (Å²) in [4.78, 5) is 58.0. The Labute approximate surface area is 140 Å². The Morgan fingerprint density at radius 3 is 1.44 bits per heavy atom. The smallest absolute Gasteiger partial charge is 0.346 e. The third-order valence-corrected chi connectivity index (χ3v) is 4.19. The first-order valence-electron chi connectivity index (χ1n) is 7.26. The summed E-state index contributed by atoms with van der Waals surface area (Å²) in [6.07, 6.45) is 0.646. The molecule has 25 heavy (non-hydrogen) atoms. The monoisotopic (exact) mass is 336 g/mol. The van der Waals surface area contributed by atoms with Gasteiger partial charge in [0, 0.05) is 0 Å². The molecule has 0 aromatic heterocycles. The number of aldehydes is 1. The van der Waals surface area contributed by atoms with Gasteiger partial charge in [0.15, 0.2) is 0 Å². The molecule has 2 aliphatic rings. The number of esters is 4. The van der Waals surface area contributed by atoms with Gasteiger partial charge in [0.25, 0.3) is 0 Å². The third-order valence-electron chi connectivity index (χ3n) is 4.19. The van der Waals surface area contributed by atoms with Gasteiger partial charge in [0.2, 0.25) is 0 Å². The average molecular weight is 336 g/mol. The summed E-state index contributed by atoms with van der Waals surface area (Å²) < 4.78 is 9.05. The second kappa shape index (κ2) is 5.20. The van der Waals surface area contributed by atoms with E-state index in [4.69, 9.17) is 0 Å². The molecular formula is C18H8O7. The van der Waals surface area contributed by atoms with Crippen LogP contribution in [-0.4, -0.2) is 30.2 Å². The van der Waals surface area contributed by atoms with E-state index in [0.717, 1.165) is 0 Å². The molecule has 0 saturated carbocycles. The number of rotatable bonds is 3. The zero-order chi connectivity index (χ0) is 17.7. The van der Waals surface area contributed by atoms with Crippen molar-refractivity contribution in [3.8, 4) is 0 Å². The van der Waals surface area contributed by atoms with Crippen LogP contribution in [0.2, 0.25) is 0 Å². The van der Waals surface area contributed by atoms with Gasteiger partial charge in [-0.3, -0.25) is 0 Å². The molecule has 2 heterocycles. The van der Waals surface area contributed by atoms with Gasteiger partial charge >= 0.3 is 23.9 Å². The minimum absolute atomic E-state index is 0.0881. The molecule has 7 heteroatoms. The highest BCUT2D eigenvalue weighted by Crippen LogP contribution is 2.30. The van der Waals surface area contributed by atoms with E-state index in [1.807, 2.05) is 0 Å². The van der Waals surface area contributed by atoms with Crippen LogP contribution >= 0.6 is 0 Å². The van der Waals surface area contributed by atoms with Gasteiger partial charge in [-0.1, -0.05) is 12.1 Å². The van der Waals surface area contributed by atoms with Crippen LogP contribution in [0.25, 0.3) is 0 Å². The van der Waals surface area contributed by atoms with Crippen molar-refractivity contribution < 1.29 is 33.4 Å². The number of hydrogen-bond donors (Lipinski definition) is 0. The molecule has 0 saturated heterocycles. The van der Waals surface area contributed by atoms with Gasteiger partial charge in [-0.2, -0.15) is 0 Å². The zero-order valence-corrected chi connectivity index (χ0v) is 12.5. The summed E-state index contributed by atoms with van der Waals surface area (Å²) in [6, 6.07) is 8.73. The Hall–Kier alpha value is -3.61. The molecule has 0 atom stereocenters. The Morgan fingerprint density at radius 2 is 1.04 bits per heavy atom. The third kappa shape index (κ3) is 2.17. The van der Waals surface area contributed by atoms with Crippen LogP contribution in [0.5, 0.6) is 0 Å². The zero-order valence-electron chi connectivity index (χ0n) is 12.5. The van der Waals surface area contributed by atoms with E-state index in [9.17, 15) is 24.0 Å². The van der Waals surface area contributed by atoms with Gasteiger partial charge in [-0.25, -0.2) is 19.2 Å². The maximum Gasteiger partial charge on any atom is 0.346 e. The van der Waals surface area contributed by atoms with Crippen molar-refractivity contribution in [1.82, 2.24) is 0 Å². The normalized spacial score (nSPS) is 15.1. The summed E-state index contributed by atoms with van der Waals surface area (Å²) in [6.45, 7) is 0. The maximum absolute atomic E-state index is 11.7. The first-order chi connectivity index (χ1) is 12.0. The fourth-order valence-corrected chi connectivity index (χ4v) is 2.94. The SMILES string of the molecule is O=CC(c1ccc2c(c1)C(=O)OC2=O)c1ccc2c(c1)C(=O)OC2=O. The van der Waals surface area contributed by atoms with Crippen LogP contribution in [0.1, 0.15) is 58.5 Å². The number of cyclic esters (lactones) is 4. The van der Waals surface area contributed by atoms with Gasteiger partial charge < -0.3 is 14.3 Å². The number of benzene rings is 2. The summed E-state index contributed by atoms with van der Waals surface area (Å²) in [7, 11) is 0. The molecule has 2 aromatic carbocycles. The van der Waals surface area contributed by atoms with E-state index >= 15 is 0 Å². The van der Waals surface area contributed by atoms with E-state index in [1.165, 1.54) is 36.4 Å². The molecule has 0 N–H and O–H groups in total. The second-order valence-corrected chi connectivity index (χ2v) is 5.58. The number of carbonyl (C=O) groups excluding carboxylic acids is 5. The number of carbonyl (C=O) groups is 5. The average Bonchev–Trinajstić information content (AvgIpc) is 3.04. The van der Waals surface area contributed by atoms with Gasteiger partial charge in [0.1, 0.15) is 6.29 Å². The van der Waals surface area contributed by atoms with E-state index in [-0.39, 0.29) is 22.3 Å². The van der Waals surface area contributed by atoms with E-state index in [1.54, 1.807) is 0 Å². The molecule has 7 nitrogen and oxygen atoms in total. The lowest BCUT2D eigenvalue weighted by atomic mass is 9.89. The van der Waals surface area contributed by atoms with Gasteiger partial charge in [-0.15, -0.1) is 0 Å². The molecule has 0 aliphatic carbocycles. The van der Waals surface area contributed by atoms with Crippen LogP contribution < -0.4 is 0 Å². The van der Waals surface area contributed by atoms with Crippen LogP contribution in [0.15, 0.2) is 36.4 Å². The van der Waals surface area contributed by atoms with Crippen LogP contribution in [-0.2, 0) is 14.3 Å². The summed E-state index contributed by atoms with van der Waals surface area (Å²) in [5.41, 5.74) is 1.37. The highest BCUT2D eigenvalue weighted by molar-refractivity contribution is 6.15. The maximum atomic E-state index is 11.7. The highest BCUT2D eigenvalue weighted by atomic mass is 16.6. The molecule has 0 unspecified atom stereocenters. The first-order valence-corrected chi connectivity index (χ1v) is 7.26. The highest BCUT2D eigenvalue weighted by Gasteiger charge is 2.32. The minimum atomic E-state index is -0.789. The molecular weight excluding hydrogens is 328 g/mol. The molecule has 0 spiro atoms. The molecule has 0 fully saturated rings. The van der Waals surface area contributed by atoms with Gasteiger partial charge in [-0.05, 0) is 35.4 Å². The fourth-order valence-electron chi connectivity index (χ4n) is 2.94. The lowest BCUT2D eigenvalue weighted by Crippen LogP contribution is -2.06. The van der Waals surface area contributed by atoms with Crippen molar-refractivity contribution in [3.05, 3.63) is 69.8 Å². The summed E-state index contributed by atoms with van der Waals surface area (Å²) >= 11 is 0. The molecule has 0 radical (unpaired) electrons. The molecule has 2 aromatic rings. The van der Waals surface area contributed by atoms with Gasteiger partial charge in [0.05, 0.1) is 28.2 Å². The predicted octanol–water partition coefficient (Wildman–Crippen LogP) is 1.64. The van der Waals surface area contributed by atoms with Crippen molar-refractivity contribution >= 4 is 30.2 Å². The molecule has 122 valence electrons. The van der Waals surface area contributed by atoms with E-state index in [0.29, 0.717) is 17.4 Å². The largest absolute Gasteiger partial charge is 0.386 e. The van der Waals surface area contributed by atoms with Crippen molar-refractivity contribution in [1.29, 1.82) is 0 Å². The fraction of sp³-hybridized carbons (Fsp3) is 0.0556. The lowest BCUT2D eigenvalue weighted by molar-refractivity contribution is -0.108. The van der Waals surface area contributed by atoms with Crippen LogP contribution in [0.4, 0.5) is 0 Å². The summed E-state index contributed by atoms with van der Waals surface area (Å²) in [5, 5.41) is 0. The number of fused-ring (bicyclic) bond motifs is 2. The topological polar surface area (TPSA) is 104 Å². The number of ether oxygens (including phenoxy) is 2. The second-order valence-electron chi connectivity index (χ2n) is 5.58. The van der Waals surface area contributed by atoms with E-state index in [2.05, 4.69) is 9.47 Å². The minimum Gasteiger partial charge on any atom is -0.386 e.